The molecule has 2 amide bonds. The van der Waals surface area contributed by atoms with Crippen molar-refractivity contribution >= 4 is 44.8 Å². The highest BCUT2D eigenvalue weighted by atomic mass is 35.5. The van der Waals surface area contributed by atoms with E-state index in [0.717, 1.165) is 9.87 Å². The van der Waals surface area contributed by atoms with Gasteiger partial charge in [-0.3, -0.25) is 13.9 Å². The number of primary amides is 1. The van der Waals surface area contributed by atoms with Crippen molar-refractivity contribution in [3.05, 3.63) is 82.9 Å². The number of methoxy groups -OCH3 is 1. The minimum absolute atomic E-state index is 0.00498. The van der Waals surface area contributed by atoms with Crippen molar-refractivity contribution in [3.63, 3.8) is 0 Å². The number of halogens is 1. The third-order valence-electron chi connectivity index (χ3n) is 4.79. The van der Waals surface area contributed by atoms with Gasteiger partial charge in [-0.25, -0.2) is 8.42 Å². The summed E-state index contributed by atoms with van der Waals surface area (Å²) in [7, 11) is -2.70. The van der Waals surface area contributed by atoms with Crippen LogP contribution in [-0.2, 0) is 14.8 Å². The fourth-order valence-electron chi connectivity index (χ4n) is 3.09. The number of benzene rings is 3. The van der Waals surface area contributed by atoms with Gasteiger partial charge in [-0.05, 0) is 49.4 Å². The van der Waals surface area contributed by atoms with E-state index in [-0.39, 0.29) is 26.9 Å². The number of aryl methyl sites for hydroxylation is 1. The third kappa shape index (κ3) is 5.44. The van der Waals surface area contributed by atoms with Crippen LogP contribution in [0.1, 0.15) is 15.9 Å². The van der Waals surface area contributed by atoms with Gasteiger partial charge in [0.1, 0.15) is 12.3 Å². The summed E-state index contributed by atoms with van der Waals surface area (Å²) in [6.07, 6.45) is 0. The number of amides is 2. The Bertz CT molecular complexity index is 1290. The molecule has 3 N–H and O–H groups in total. The van der Waals surface area contributed by atoms with Crippen molar-refractivity contribution in [2.45, 2.75) is 11.8 Å². The topological polar surface area (TPSA) is 119 Å². The first kappa shape index (κ1) is 24.1. The number of sulfonamides is 1. The van der Waals surface area contributed by atoms with Crippen molar-refractivity contribution < 1.29 is 22.7 Å². The summed E-state index contributed by atoms with van der Waals surface area (Å²) in [5.74, 6) is -1.05. The summed E-state index contributed by atoms with van der Waals surface area (Å²) in [6.45, 7) is 1.26. The third-order valence-corrected chi connectivity index (χ3v) is 6.87. The Morgan fingerprint density at radius 2 is 1.73 bits per heavy atom. The Kier molecular flexibility index (Phi) is 7.25. The second-order valence-electron chi connectivity index (χ2n) is 7.10. The standard InChI is InChI=1S/C23H22ClN3O5S/c1-15-7-10-17(11-8-15)33(30,31)27(16-9-12-21(32-2)19(24)13-16)14-22(28)26-20-6-4-3-5-18(20)23(25)29/h3-13H,14H2,1-2H3,(H2,25,29)(H,26,28). The average molecular weight is 488 g/mol. The average Bonchev–Trinajstić information content (AvgIpc) is 2.78. The van der Waals surface area contributed by atoms with E-state index in [1.54, 1.807) is 24.3 Å². The lowest BCUT2D eigenvalue weighted by atomic mass is 10.1. The molecular formula is C23H22ClN3O5S. The number of anilines is 2. The number of ether oxygens (including phenoxy) is 1. The summed E-state index contributed by atoms with van der Waals surface area (Å²) in [5, 5.41) is 2.74. The minimum atomic E-state index is -4.14. The first-order valence-corrected chi connectivity index (χ1v) is 11.6. The van der Waals surface area contributed by atoms with Crippen LogP contribution in [0.25, 0.3) is 0 Å². The predicted molar refractivity (Wildman–Crippen MR) is 127 cm³/mol. The lowest BCUT2D eigenvalue weighted by molar-refractivity contribution is -0.114. The van der Waals surface area contributed by atoms with Gasteiger partial charge in [-0.15, -0.1) is 0 Å². The van der Waals surface area contributed by atoms with Gasteiger partial charge in [0.25, 0.3) is 15.9 Å². The Morgan fingerprint density at radius 3 is 2.33 bits per heavy atom. The molecule has 3 rings (SSSR count). The van der Waals surface area contributed by atoms with Crippen LogP contribution in [0.2, 0.25) is 5.02 Å². The first-order chi connectivity index (χ1) is 15.6. The smallest absolute Gasteiger partial charge is 0.264 e. The molecule has 0 fully saturated rings. The molecule has 0 aliphatic heterocycles. The number of rotatable bonds is 8. The van der Waals surface area contributed by atoms with Gasteiger partial charge < -0.3 is 15.8 Å². The van der Waals surface area contributed by atoms with Crippen molar-refractivity contribution in [2.75, 3.05) is 23.3 Å². The van der Waals surface area contributed by atoms with Gasteiger partial charge in [-0.2, -0.15) is 0 Å². The maximum atomic E-state index is 13.5. The highest BCUT2D eigenvalue weighted by Gasteiger charge is 2.28. The van der Waals surface area contributed by atoms with Gasteiger partial charge in [0.15, 0.2) is 0 Å². The quantitative estimate of drug-likeness (QED) is 0.503. The molecule has 33 heavy (non-hydrogen) atoms. The fourth-order valence-corrected chi connectivity index (χ4v) is 4.75. The van der Waals surface area contributed by atoms with Crippen LogP contribution in [0.3, 0.4) is 0 Å². The number of hydrogen-bond acceptors (Lipinski definition) is 5. The van der Waals surface area contributed by atoms with Crippen LogP contribution in [0.4, 0.5) is 11.4 Å². The highest BCUT2D eigenvalue weighted by Crippen LogP contribution is 2.32. The molecular weight excluding hydrogens is 466 g/mol. The van der Waals surface area contributed by atoms with Crippen LogP contribution in [-0.4, -0.2) is 33.9 Å². The van der Waals surface area contributed by atoms with Crippen LogP contribution in [0.5, 0.6) is 5.75 Å². The molecule has 3 aromatic carbocycles. The predicted octanol–water partition coefficient (Wildman–Crippen LogP) is 3.59. The number of nitrogens with two attached hydrogens (primary N) is 1. The minimum Gasteiger partial charge on any atom is -0.495 e. The second-order valence-corrected chi connectivity index (χ2v) is 9.37. The zero-order valence-electron chi connectivity index (χ0n) is 17.9. The van der Waals surface area contributed by atoms with Crippen LogP contribution in [0.15, 0.2) is 71.6 Å². The summed E-state index contributed by atoms with van der Waals surface area (Å²) in [4.78, 5) is 24.5. The molecule has 0 aromatic heterocycles. The monoisotopic (exact) mass is 487 g/mol. The van der Waals surface area contributed by atoms with E-state index in [4.69, 9.17) is 22.1 Å². The number of nitrogens with one attached hydrogen (secondary N) is 1. The molecule has 0 saturated carbocycles. The first-order valence-electron chi connectivity index (χ1n) is 9.75. The van der Waals surface area contributed by atoms with Gasteiger partial charge >= 0.3 is 0 Å². The molecule has 0 aliphatic carbocycles. The molecule has 0 saturated heterocycles. The van der Waals surface area contributed by atoms with Crippen LogP contribution >= 0.6 is 11.6 Å². The Labute approximate surface area is 197 Å². The SMILES string of the molecule is COc1ccc(N(CC(=O)Nc2ccccc2C(N)=O)S(=O)(=O)c2ccc(C)cc2)cc1Cl. The van der Waals surface area contributed by atoms with Gasteiger partial charge in [-0.1, -0.05) is 41.4 Å². The molecule has 8 nitrogen and oxygen atoms in total. The zero-order valence-corrected chi connectivity index (χ0v) is 19.5. The fraction of sp³-hybridized carbons (Fsp3) is 0.130. The molecule has 3 aromatic rings. The van der Waals surface area contributed by atoms with E-state index in [1.807, 2.05) is 6.92 Å². The molecule has 10 heteroatoms. The van der Waals surface area contributed by atoms with E-state index >= 15 is 0 Å². The lowest BCUT2D eigenvalue weighted by Crippen LogP contribution is -2.38. The summed E-state index contributed by atoms with van der Waals surface area (Å²) in [6, 6.07) is 16.8. The maximum Gasteiger partial charge on any atom is 0.264 e. The van der Waals surface area contributed by atoms with E-state index in [2.05, 4.69) is 5.32 Å². The lowest BCUT2D eigenvalue weighted by Gasteiger charge is -2.25. The largest absolute Gasteiger partial charge is 0.495 e. The normalized spacial score (nSPS) is 11.0. The molecule has 0 unspecified atom stereocenters. The van der Waals surface area contributed by atoms with E-state index in [1.165, 1.54) is 49.6 Å². The van der Waals surface area contributed by atoms with E-state index in [9.17, 15) is 18.0 Å². The van der Waals surface area contributed by atoms with Crippen molar-refractivity contribution in [1.29, 1.82) is 0 Å². The van der Waals surface area contributed by atoms with Crippen LogP contribution < -0.4 is 20.1 Å². The maximum absolute atomic E-state index is 13.5. The Hall–Kier alpha value is -3.56. The molecule has 0 aliphatic rings. The summed E-state index contributed by atoms with van der Waals surface area (Å²) < 4.78 is 33.0. The Balaban J connectivity index is 2.00. The van der Waals surface area contributed by atoms with Gasteiger partial charge in [0.05, 0.1) is 34.0 Å². The van der Waals surface area contributed by atoms with Crippen molar-refractivity contribution in [3.8, 4) is 5.75 Å². The second kappa shape index (κ2) is 9.93. The molecule has 0 bridgehead atoms. The number of carbonyl (C=O) groups is 2. The van der Waals surface area contributed by atoms with Gasteiger partial charge in [0.2, 0.25) is 5.91 Å². The van der Waals surface area contributed by atoms with Crippen LogP contribution in [0, 0.1) is 6.92 Å². The molecule has 0 heterocycles. The number of nitrogens with zero attached hydrogens (tertiary/aromatic N) is 1. The number of carbonyl (C=O) groups excluding carboxylic acids is 2. The zero-order chi connectivity index (χ0) is 24.2. The molecule has 0 radical (unpaired) electrons. The molecule has 0 spiro atoms. The van der Waals surface area contributed by atoms with E-state index in [0.29, 0.717) is 5.75 Å². The summed E-state index contributed by atoms with van der Waals surface area (Å²) >= 11 is 6.21. The van der Waals surface area contributed by atoms with Crippen molar-refractivity contribution in [2.24, 2.45) is 5.73 Å². The van der Waals surface area contributed by atoms with E-state index < -0.39 is 28.4 Å². The Morgan fingerprint density at radius 1 is 1.06 bits per heavy atom. The number of hydrogen-bond donors (Lipinski definition) is 2. The van der Waals surface area contributed by atoms with Gasteiger partial charge in [0, 0.05) is 0 Å². The number of para-hydroxylation sites is 1. The molecule has 0 atom stereocenters. The molecule has 172 valence electrons. The highest BCUT2D eigenvalue weighted by molar-refractivity contribution is 7.92. The summed E-state index contributed by atoms with van der Waals surface area (Å²) in [5.41, 5.74) is 6.69. The van der Waals surface area contributed by atoms with Crippen molar-refractivity contribution in [1.82, 2.24) is 0 Å².